The molecule has 8 heavy (non-hydrogen) atoms. The van der Waals surface area contributed by atoms with E-state index in [1.807, 2.05) is 13.8 Å². The number of hydrogen-bond acceptors (Lipinski definition) is 3. The second-order valence-corrected chi connectivity index (χ2v) is 1.58. The quantitative estimate of drug-likeness (QED) is 0.495. The van der Waals surface area contributed by atoms with E-state index in [1.165, 1.54) is 6.33 Å². The van der Waals surface area contributed by atoms with Gasteiger partial charge in [0.05, 0.1) is 0 Å². The van der Waals surface area contributed by atoms with Crippen LogP contribution in [0.2, 0.25) is 0 Å². The first-order valence-corrected chi connectivity index (χ1v) is 2.41. The molecule has 0 saturated heterocycles. The zero-order valence-corrected chi connectivity index (χ0v) is 4.92. The van der Waals surface area contributed by atoms with Crippen molar-refractivity contribution in [3.8, 4) is 0 Å². The van der Waals surface area contributed by atoms with E-state index < -0.39 is 0 Å². The summed E-state index contributed by atoms with van der Waals surface area (Å²) in [5.41, 5.74) is 0. The molecule has 1 rings (SSSR count). The average molecular weight is 111 g/mol. The number of aryl methyl sites for hydroxylation is 2. The second-order valence-electron chi connectivity index (χ2n) is 1.58. The summed E-state index contributed by atoms with van der Waals surface area (Å²) >= 11 is 0. The fraction of sp³-hybridized carbons (Fsp3) is 0.400. The molecule has 1 aromatic heterocycles. The normalized spacial score (nSPS) is 9.25. The van der Waals surface area contributed by atoms with E-state index in [-0.39, 0.29) is 1.43 Å². The van der Waals surface area contributed by atoms with Crippen LogP contribution in [0.5, 0.6) is 0 Å². The Morgan fingerprint density at radius 2 is 1.75 bits per heavy atom. The lowest BCUT2D eigenvalue weighted by atomic mass is 10.6. The van der Waals surface area contributed by atoms with Crippen molar-refractivity contribution in [3.63, 3.8) is 0 Å². The summed E-state index contributed by atoms with van der Waals surface area (Å²) in [6, 6.07) is 0. The van der Waals surface area contributed by atoms with Crippen LogP contribution < -0.4 is 0 Å². The topological polar surface area (TPSA) is 38.7 Å². The molecule has 0 aliphatic rings. The van der Waals surface area contributed by atoms with E-state index in [4.69, 9.17) is 0 Å². The van der Waals surface area contributed by atoms with Crippen LogP contribution in [0.25, 0.3) is 0 Å². The van der Waals surface area contributed by atoms with Crippen molar-refractivity contribution in [2.45, 2.75) is 13.8 Å². The van der Waals surface area contributed by atoms with Gasteiger partial charge in [-0.1, -0.05) is 0 Å². The number of rotatable bonds is 0. The molecule has 0 unspecified atom stereocenters. The predicted molar refractivity (Wildman–Crippen MR) is 31.4 cm³/mol. The molecule has 1 aromatic rings. The van der Waals surface area contributed by atoms with Crippen LogP contribution in [0.4, 0.5) is 0 Å². The lowest BCUT2D eigenvalue weighted by Crippen LogP contribution is -1.91. The summed E-state index contributed by atoms with van der Waals surface area (Å²) in [7, 11) is 0. The SMILES string of the molecule is Cc1ncnc(C)n1.[HH]. The van der Waals surface area contributed by atoms with Gasteiger partial charge in [0.25, 0.3) is 0 Å². The van der Waals surface area contributed by atoms with Crippen LogP contribution in [-0.2, 0) is 0 Å². The van der Waals surface area contributed by atoms with Gasteiger partial charge in [-0.25, -0.2) is 15.0 Å². The van der Waals surface area contributed by atoms with Crippen molar-refractivity contribution in [2.24, 2.45) is 0 Å². The maximum absolute atomic E-state index is 3.95. The summed E-state index contributed by atoms with van der Waals surface area (Å²) in [6.07, 6.45) is 1.51. The van der Waals surface area contributed by atoms with E-state index in [0.717, 1.165) is 11.6 Å². The summed E-state index contributed by atoms with van der Waals surface area (Å²) in [4.78, 5) is 11.6. The van der Waals surface area contributed by atoms with Crippen molar-refractivity contribution in [3.05, 3.63) is 18.0 Å². The molecule has 0 atom stereocenters. The second kappa shape index (κ2) is 1.86. The van der Waals surface area contributed by atoms with Crippen molar-refractivity contribution in [1.82, 2.24) is 15.0 Å². The van der Waals surface area contributed by atoms with Gasteiger partial charge in [-0.2, -0.15) is 0 Å². The molecular formula is C5H9N3. The van der Waals surface area contributed by atoms with Gasteiger partial charge in [-0.3, -0.25) is 0 Å². The third-order valence-electron chi connectivity index (χ3n) is 0.813. The van der Waals surface area contributed by atoms with Crippen molar-refractivity contribution in [2.75, 3.05) is 0 Å². The van der Waals surface area contributed by atoms with Gasteiger partial charge in [-0.05, 0) is 13.8 Å². The lowest BCUT2D eigenvalue weighted by molar-refractivity contribution is 0.920. The highest BCUT2D eigenvalue weighted by Crippen LogP contribution is 1.83. The molecule has 0 aliphatic heterocycles. The molecule has 3 nitrogen and oxygen atoms in total. The highest BCUT2D eigenvalue weighted by atomic mass is 15.0. The molecule has 44 valence electrons. The summed E-state index contributed by atoms with van der Waals surface area (Å²) in [6.45, 7) is 3.68. The molecule has 0 saturated carbocycles. The molecule has 3 heteroatoms. The third kappa shape index (κ3) is 0.992. The van der Waals surface area contributed by atoms with Crippen molar-refractivity contribution in [1.29, 1.82) is 0 Å². The first-order chi connectivity index (χ1) is 3.79. The van der Waals surface area contributed by atoms with Crippen molar-refractivity contribution >= 4 is 0 Å². The standard InChI is InChI=1S/C5H7N3.H2/c1-4-6-3-7-5(2)8-4;/h3H,1-2H3;1H. The highest BCUT2D eigenvalue weighted by Gasteiger charge is 1.84. The van der Waals surface area contributed by atoms with Crippen LogP contribution in [0, 0.1) is 13.8 Å². The average Bonchev–Trinajstić information content (AvgIpc) is 1.64. The minimum absolute atomic E-state index is 0. The molecule has 0 fully saturated rings. The fourth-order valence-electron chi connectivity index (χ4n) is 0.488. The van der Waals surface area contributed by atoms with Crippen LogP contribution >= 0.6 is 0 Å². The Labute approximate surface area is 49.3 Å². The third-order valence-corrected chi connectivity index (χ3v) is 0.813. The van der Waals surface area contributed by atoms with Gasteiger partial charge >= 0.3 is 0 Å². The Balaban J connectivity index is 0.000000640. The fourth-order valence-corrected chi connectivity index (χ4v) is 0.488. The monoisotopic (exact) mass is 111 g/mol. The molecule has 0 amide bonds. The van der Waals surface area contributed by atoms with Gasteiger partial charge in [0, 0.05) is 1.43 Å². The largest absolute Gasteiger partial charge is 0.222 e. The minimum Gasteiger partial charge on any atom is -0.222 e. The molecule has 0 radical (unpaired) electrons. The predicted octanol–water partition coefficient (Wildman–Crippen LogP) is 0.734. The smallest absolute Gasteiger partial charge is 0.129 e. The van der Waals surface area contributed by atoms with Gasteiger partial charge in [0.1, 0.15) is 18.0 Å². The Kier molecular flexibility index (Phi) is 1.20. The molecule has 0 spiro atoms. The summed E-state index contributed by atoms with van der Waals surface area (Å²) < 4.78 is 0. The van der Waals surface area contributed by atoms with E-state index in [1.54, 1.807) is 0 Å². The van der Waals surface area contributed by atoms with Crippen LogP contribution in [0.1, 0.15) is 13.1 Å². The Hall–Kier alpha value is -0.990. The van der Waals surface area contributed by atoms with E-state index in [9.17, 15) is 0 Å². The Morgan fingerprint density at radius 3 is 2.00 bits per heavy atom. The van der Waals surface area contributed by atoms with Crippen LogP contribution in [0.15, 0.2) is 6.33 Å². The van der Waals surface area contributed by atoms with Crippen LogP contribution in [-0.4, -0.2) is 15.0 Å². The maximum atomic E-state index is 3.95. The molecule has 0 aliphatic carbocycles. The highest BCUT2D eigenvalue weighted by molar-refractivity contribution is 4.83. The number of nitrogens with zero attached hydrogens (tertiary/aromatic N) is 3. The van der Waals surface area contributed by atoms with E-state index in [2.05, 4.69) is 15.0 Å². The van der Waals surface area contributed by atoms with Gasteiger partial charge in [0.15, 0.2) is 0 Å². The maximum Gasteiger partial charge on any atom is 0.129 e. The first-order valence-electron chi connectivity index (χ1n) is 2.41. The zero-order valence-electron chi connectivity index (χ0n) is 4.92. The minimum atomic E-state index is 0. The molecular weight excluding hydrogens is 102 g/mol. The van der Waals surface area contributed by atoms with Crippen LogP contribution in [0.3, 0.4) is 0 Å². The van der Waals surface area contributed by atoms with Gasteiger partial charge in [-0.15, -0.1) is 0 Å². The lowest BCUT2D eigenvalue weighted by Gasteiger charge is -1.88. The van der Waals surface area contributed by atoms with E-state index >= 15 is 0 Å². The molecule has 1 heterocycles. The number of hydrogen-bond donors (Lipinski definition) is 0. The molecule has 0 N–H and O–H groups in total. The van der Waals surface area contributed by atoms with E-state index in [0.29, 0.717) is 0 Å². The molecule has 0 aromatic carbocycles. The van der Waals surface area contributed by atoms with Gasteiger partial charge in [0.2, 0.25) is 0 Å². The van der Waals surface area contributed by atoms with Crippen molar-refractivity contribution < 1.29 is 1.43 Å². The zero-order chi connectivity index (χ0) is 5.98. The summed E-state index contributed by atoms with van der Waals surface area (Å²) in [5, 5.41) is 0. The molecule has 0 bridgehead atoms. The Morgan fingerprint density at radius 1 is 1.25 bits per heavy atom. The Bertz CT molecular complexity index is 172. The van der Waals surface area contributed by atoms with Gasteiger partial charge < -0.3 is 0 Å². The number of aromatic nitrogens is 3. The first kappa shape index (κ1) is 5.15. The summed E-state index contributed by atoms with van der Waals surface area (Å²) in [5.74, 6) is 1.55.